The summed E-state index contributed by atoms with van der Waals surface area (Å²) >= 11 is 0. The summed E-state index contributed by atoms with van der Waals surface area (Å²) in [7, 11) is 1.78. The van der Waals surface area contributed by atoms with Crippen LogP contribution in [0.25, 0.3) is 0 Å². The molecule has 1 atom stereocenters. The molecule has 0 unspecified atom stereocenters. The Labute approximate surface area is 133 Å². The molecule has 1 aromatic heterocycles. The van der Waals surface area contributed by atoms with Gasteiger partial charge in [-0.2, -0.15) is 5.10 Å². The smallest absolute Gasteiger partial charge is 0.326 e. The number of carboxylic acids is 1. The van der Waals surface area contributed by atoms with Crippen LogP contribution in [0.4, 0.5) is 0 Å². The van der Waals surface area contributed by atoms with Crippen molar-refractivity contribution in [3.63, 3.8) is 0 Å². The number of nitrogens with one attached hydrogen (secondary N) is 1. The summed E-state index contributed by atoms with van der Waals surface area (Å²) in [6.45, 7) is 0.0318. The van der Waals surface area contributed by atoms with Crippen LogP contribution in [0.2, 0.25) is 0 Å². The van der Waals surface area contributed by atoms with Crippen LogP contribution in [-0.4, -0.2) is 39.4 Å². The van der Waals surface area contributed by atoms with Gasteiger partial charge in [0.05, 0.1) is 12.3 Å². The molecule has 1 aromatic carbocycles. The van der Waals surface area contributed by atoms with Crippen molar-refractivity contribution in [3.05, 3.63) is 53.9 Å². The number of hydrogen-bond donors (Lipinski definition) is 2. The molecule has 0 saturated heterocycles. The van der Waals surface area contributed by atoms with Crippen molar-refractivity contribution < 1.29 is 19.4 Å². The van der Waals surface area contributed by atoms with E-state index in [4.69, 9.17) is 4.74 Å². The lowest BCUT2D eigenvalue weighted by atomic mass is 10.1. The molecule has 122 valence electrons. The Morgan fingerprint density at radius 2 is 2.04 bits per heavy atom. The number of aromatic nitrogens is 2. The van der Waals surface area contributed by atoms with Crippen molar-refractivity contribution in [1.82, 2.24) is 15.1 Å². The second-order valence-electron chi connectivity index (χ2n) is 5.09. The molecule has 7 nitrogen and oxygen atoms in total. The Hall–Kier alpha value is -2.67. The number of ether oxygens (including phenoxy) is 1. The second kappa shape index (κ2) is 8.09. The van der Waals surface area contributed by atoms with E-state index in [2.05, 4.69) is 10.4 Å². The van der Waals surface area contributed by atoms with Crippen molar-refractivity contribution >= 4 is 11.9 Å². The second-order valence-corrected chi connectivity index (χ2v) is 5.09. The van der Waals surface area contributed by atoms with E-state index in [-0.39, 0.29) is 19.6 Å². The first kappa shape index (κ1) is 16.7. The molecule has 0 saturated carbocycles. The third kappa shape index (κ3) is 5.23. The van der Waals surface area contributed by atoms with Gasteiger partial charge in [-0.25, -0.2) is 4.79 Å². The zero-order valence-corrected chi connectivity index (χ0v) is 12.8. The average Bonchev–Trinajstić information content (AvgIpc) is 2.93. The van der Waals surface area contributed by atoms with Gasteiger partial charge in [-0.05, 0) is 11.6 Å². The van der Waals surface area contributed by atoms with E-state index >= 15 is 0 Å². The standard InChI is InChI=1S/C16H19N3O4/c1-19-13(7-8-17-19)10-23-11-15(20)18-14(16(21)22)9-12-5-3-2-4-6-12/h2-8,14H,9-11H2,1H3,(H,18,20)(H,21,22)/t14-/m1/s1. The van der Waals surface area contributed by atoms with Crippen LogP contribution in [-0.2, 0) is 34.4 Å². The maximum Gasteiger partial charge on any atom is 0.326 e. The molecule has 1 amide bonds. The van der Waals surface area contributed by atoms with Gasteiger partial charge >= 0.3 is 5.97 Å². The van der Waals surface area contributed by atoms with Gasteiger partial charge in [0.25, 0.3) is 0 Å². The fourth-order valence-electron chi connectivity index (χ4n) is 2.08. The van der Waals surface area contributed by atoms with E-state index in [1.807, 2.05) is 30.3 Å². The molecule has 1 heterocycles. The monoisotopic (exact) mass is 317 g/mol. The van der Waals surface area contributed by atoms with E-state index < -0.39 is 17.9 Å². The van der Waals surface area contributed by atoms with E-state index in [1.54, 1.807) is 24.0 Å². The fraction of sp³-hybridized carbons (Fsp3) is 0.312. The lowest BCUT2D eigenvalue weighted by Gasteiger charge is -2.14. The molecule has 0 radical (unpaired) electrons. The highest BCUT2D eigenvalue weighted by Crippen LogP contribution is 2.04. The highest BCUT2D eigenvalue weighted by Gasteiger charge is 2.20. The fourth-order valence-corrected chi connectivity index (χ4v) is 2.08. The van der Waals surface area contributed by atoms with Crippen LogP contribution in [0.1, 0.15) is 11.3 Å². The Bertz CT molecular complexity index is 654. The SMILES string of the molecule is Cn1nccc1COCC(=O)N[C@H](Cc1ccccc1)C(=O)O. The molecule has 0 spiro atoms. The lowest BCUT2D eigenvalue weighted by molar-refractivity contribution is -0.142. The number of hydrogen-bond acceptors (Lipinski definition) is 4. The topological polar surface area (TPSA) is 93.5 Å². The lowest BCUT2D eigenvalue weighted by Crippen LogP contribution is -2.43. The molecule has 0 aliphatic carbocycles. The Morgan fingerprint density at radius 1 is 1.30 bits per heavy atom. The largest absolute Gasteiger partial charge is 0.480 e. The molecule has 23 heavy (non-hydrogen) atoms. The van der Waals surface area contributed by atoms with Gasteiger partial charge < -0.3 is 15.2 Å². The van der Waals surface area contributed by atoms with Crippen LogP contribution in [0.3, 0.4) is 0 Å². The molecule has 2 aromatic rings. The number of carbonyl (C=O) groups is 2. The molecular formula is C16H19N3O4. The number of carbonyl (C=O) groups excluding carboxylic acids is 1. The molecule has 2 N–H and O–H groups in total. The predicted octanol–water partition coefficient (Wildman–Crippen LogP) is 0.749. The van der Waals surface area contributed by atoms with E-state index in [0.717, 1.165) is 11.3 Å². The molecule has 0 aliphatic rings. The summed E-state index contributed by atoms with van der Waals surface area (Å²) < 4.78 is 6.93. The first-order valence-corrected chi connectivity index (χ1v) is 7.17. The number of aliphatic carboxylic acids is 1. The first-order valence-electron chi connectivity index (χ1n) is 7.17. The van der Waals surface area contributed by atoms with Gasteiger partial charge in [-0.1, -0.05) is 30.3 Å². The number of amides is 1. The Morgan fingerprint density at radius 3 is 2.65 bits per heavy atom. The van der Waals surface area contributed by atoms with Crippen molar-refractivity contribution in [2.24, 2.45) is 7.05 Å². The summed E-state index contributed by atoms with van der Waals surface area (Å²) in [6.07, 6.45) is 1.86. The van der Waals surface area contributed by atoms with Crippen molar-refractivity contribution in [1.29, 1.82) is 0 Å². The maximum atomic E-state index is 11.8. The predicted molar refractivity (Wildman–Crippen MR) is 82.6 cm³/mol. The van der Waals surface area contributed by atoms with E-state index in [1.165, 1.54) is 0 Å². The summed E-state index contributed by atoms with van der Waals surface area (Å²) in [4.78, 5) is 23.1. The average molecular weight is 317 g/mol. The van der Waals surface area contributed by atoms with Crippen LogP contribution in [0, 0.1) is 0 Å². The van der Waals surface area contributed by atoms with Crippen LogP contribution in [0.5, 0.6) is 0 Å². The van der Waals surface area contributed by atoms with Crippen molar-refractivity contribution in [3.8, 4) is 0 Å². The summed E-state index contributed by atoms with van der Waals surface area (Å²) in [5.41, 5.74) is 1.67. The minimum absolute atomic E-state index is 0.205. The number of carboxylic acid groups (broad SMARTS) is 1. The van der Waals surface area contributed by atoms with Crippen molar-refractivity contribution in [2.45, 2.75) is 19.1 Å². The highest BCUT2D eigenvalue weighted by atomic mass is 16.5. The van der Waals surface area contributed by atoms with Gasteiger partial charge in [-0.15, -0.1) is 0 Å². The number of aryl methyl sites for hydroxylation is 1. The third-order valence-corrected chi connectivity index (χ3v) is 3.32. The Balaban J connectivity index is 1.81. The van der Waals surface area contributed by atoms with Gasteiger partial charge in [0, 0.05) is 19.7 Å². The Kier molecular flexibility index (Phi) is 5.87. The number of benzene rings is 1. The zero-order chi connectivity index (χ0) is 16.7. The zero-order valence-electron chi connectivity index (χ0n) is 12.8. The van der Waals surface area contributed by atoms with Gasteiger partial charge in [-0.3, -0.25) is 9.48 Å². The van der Waals surface area contributed by atoms with Crippen LogP contribution < -0.4 is 5.32 Å². The molecular weight excluding hydrogens is 298 g/mol. The van der Waals surface area contributed by atoms with E-state index in [0.29, 0.717) is 0 Å². The van der Waals surface area contributed by atoms with Crippen LogP contribution >= 0.6 is 0 Å². The van der Waals surface area contributed by atoms with Gasteiger partial charge in [0.1, 0.15) is 12.6 Å². The molecule has 0 aliphatic heterocycles. The van der Waals surface area contributed by atoms with Gasteiger partial charge in [0.15, 0.2) is 0 Å². The highest BCUT2D eigenvalue weighted by molar-refractivity contribution is 5.84. The quantitative estimate of drug-likeness (QED) is 0.749. The maximum absolute atomic E-state index is 11.8. The van der Waals surface area contributed by atoms with E-state index in [9.17, 15) is 14.7 Å². The number of rotatable bonds is 8. The number of nitrogens with zero attached hydrogens (tertiary/aromatic N) is 2. The summed E-state index contributed by atoms with van der Waals surface area (Å²) in [6, 6.07) is 9.95. The molecule has 2 rings (SSSR count). The third-order valence-electron chi connectivity index (χ3n) is 3.32. The summed E-state index contributed by atoms with van der Waals surface area (Å²) in [5.74, 6) is -1.54. The normalized spacial score (nSPS) is 11.9. The van der Waals surface area contributed by atoms with Crippen LogP contribution in [0.15, 0.2) is 42.6 Å². The first-order chi connectivity index (χ1) is 11.1. The van der Waals surface area contributed by atoms with Crippen molar-refractivity contribution in [2.75, 3.05) is 6.61 Å². The molecule has 0 bridgehead atoms. The molecule has 7 heteroatoms. The summed E-state index contributed by atoms with van der Waals surface area (Å²) in [5, 5.41) is 15.7. The van der Waals surface area contributed by atoms with Gasteiger partial charge in [0.2, 0.25) is 5.91 Å². The molecule has 0 fully saturated rings. The minimum atomic E-state index is -1.08. The minimum Gasteiger partial charge on any atom is -0.480 e.